The van der Waals surface area contributed by atoms with E-state index in [2.05, 4.69) is 87.7 Å². The van der Waals surface area contributed by atoms with Crippen LogP contribution >= 0.6 is 34.4 Å². The van der Waals surface area contributed by atoms with Gasteiger partial charge in [-0.25, -0.2) is 9.97 Å². The number of rotatable bonds is 11. The Morgan fingerprint density at radius 1 is 0.956 bits per heavy atom. The molecule has 1 aliphatic rings. The van der Waals surface area contributed by atoms with E-state index in [1.807, 2.05) is 18.2 Å². The molecule has 1 saturated heterocycles. The number of benzene rings is 2. The van der Waals surface area contributed by atoms with Gasteiger partial charge in [0.15, 0.2) is 11.0 Å². The highest BCUT2D eigenvalue weighted by Gasteiger charge is 2.24. The van der Waals surface area contributed by atoms with Gasteiger partial charge in [0.05, 0.1) is 31.2 Å². The molecule has 0 bridgehead atoms. The van der Waals surface area contributed by atoms with E-state index >= 15 is 0 Å². The summed E-state index contributed by atoms with van der Waals surface area (Å²) in [5.74, 6) is 2.39. The lowest BCUT2D eigenvalue weighted by molar-refractivity contribution is 0.0330. The van der Waals surface area contributed by atoms with E-state index in [1.165, 1.54) is 16.0 Å². The van der Waals surface area contributed by atoms with Crippen LogP contribution in [0.5, 0.6) is 5.75 Å². The molecule has 1 atom stereocenters. The molecule has 5 heterocycles. The van der Waals surface area contributed by atoms with Crippen LogP contribution in [0.4, 0.5) is 0 Å². The highest BCUT2D eigenvalue weighted by atomic mass is 32.2. The van der Waals surface area contributed by atoms with Crippen LogP contribution in [0.2, 0.25) is 0 Å². The van der Waals surface area contributed by atoms with Gasteiger partial charge in [-0.15, -0.1) is 32.9 Å². The van der Waals surface area contributed by atoms with E-state index in [9.17, 15) is 0 Å². The second-order valence-corrected chi connectivity index (χ2v) is 13.6. The molecule has 7 rings (SSSR count). The van der Waals surface area contributed by atoms with Crippen LogP contribution < -0.4 is 4.74 Å². The second-order valence-electron chi connectivity index (χ2n) is 10.9. The van der Waals surface area contributed by atoms with Gasteiger partial charge < -0.3 is 9.47 Å². The van der Waals surface area contributed by atoms with Gasteiger partial charge >= 0.3 is 0 Å². The Hall–Kier alpha value is -3.61. The molecule has 0 radical (unpaired) electrons. The van der Waals surface area contributed by atoms with Crippen LogP contribution in [0, 0.1) is 0 Å². The minimum absolute atomic E-state index is 0.0193. The van der Waals surface area contributed by atoms with Crippen molar-refractivity contribution in [3.05, 3.63) is 100 Å². The topological polar surface area (TPSA) is 78.2 Å². The first-order valence-corrected chi connectivity index (χ1v) is 17.7. The molecule has 1 fully saturated rings. The van der Waals surface area contributed by atoms with Crippen molar-refractivity contribution in [1.82, 2.24) is 29.6 Å². The predicted octanol–water partition coefficient (Wildman–Crippen LogP) is 7.75. The van der Waals surface area contributed by atoms with E-state index in [-0.39, 0.29) is 6.04 Å². The van der Waals surface area contributed by atoms with Crippen LogP contribution in [-0.4, -0.2) is 55.9 Å². The number of thiophene rings is 2. The number of morpholine rings is 1. The molecular formula is C34H34N6O2S3. The van der Waals surface area contributed by atoms with Gasteiger partial charge in [-0.3, -0.25) is 9.47 Å². The van der Waals surface area contributed by atoms with E-state index < -0.39 is 0 Å². The number of aryl methyl sites for hydroxylation is 1. The first-order chi connectivity index (χ1) is 22.2. The molecule has 8 nitrogen and oxygen atoms in total. The molecule has 1 aliphatic heterocycles. The largest absolute Gasteiger partial charge is 0.486 e. The fraction of sp³-hybridized carbons (Fsp3) is 0.294. The summed E-state index contributed by atoms with van der Waals surface area (Å²) in [6, 6.07) is 22.9. The third-order valence-electron chi connectivity index (χ3n) is 7.99. The van der Waals surface area contributed by atoms with Gasteiger partial charge in [0, 0.05) is 28.9 Å². The van der Waals surface area contributed by atoms with E-state index in [0.717, 1.165) is 76.1 Å². The van der Waals surface area contributed by atoms with Gasteiger partial charge in [-0.2, -0.15) is 0 Å². The van der Waals surface area contributed by atoms with Gasteiger partial charge in [-0.05, 0) is 59.8 Å². The highest BCUT2D eigenvalue weighted by molar-refractivity contribution is 7.99. The second kappa shape index (κ2) is 13.8. The third kappa shape index (κ3) is 6.68. The first kappa shape index (κ1) is 30.1. The van der Waals surface area contributed by atoms with E-state index in [0.29, 0.717) is 13.2 Å². The molecular weight excluding hydrogens is 621 g/mol. The molecule has 0 amide bonds. The summed E-state index contributed by atoms with van der Waals surface area (Å²) in [4.78, 5) is 14.8. The lowest BCUT2D eigenvalue weighted by atomic mass is 10.1. The number of hydrogen-bond donors (Lipinski definition) is 0. The molecule has 11 heteroatoms. The SMILES string of the molecule is CCc1ccc(OCc2nnc(Sc3nc(CN4CCOCC4)nc4scc(-c5cccs5)c34)n2C(C)c2ccccc2)cc1. The summed E-state index contributed by atoms with van der Waals surface area (Å²) in [7, 11) is 0. The molecule has 0 N–H and O–H groups in total. The average Bonchev–Trinajstić information content (AvgIpc) is 3.85. The molecule has 1 unspecified atom stereocenters. The summed E-state index contributed by atoms with van der Waals surface area (Å²) >= 11 is 4.96. The third-order valence-corrected chi connectivity index (χ3v) is 10.7. The Balaban J connectivity index is 1.27. The predicted molar refractivity (Wildman–Crippen MR) is 181 cm³/mol. The maximum Gasteiger partial charge on any atom is 0.198 e. The highest BCUT2D eigenvalue weighted by Crippen LogP contribution is 2.42. The number of aromatic nitrogens is 5. The van der Waals surface area contributed by atoms with Gasteiger partial charge in [0.25, 0.3) is 0 Å². The van der Waals surface area contributed by atoms with Crippen LogP contribution in [0.15, 0.2) is 87.7 Å². The molecule has 0 aliphatic carbocycles. The Kier molecular flexibility index (Phi) is 9.22. The van der Waals surface area contributed by atoms with Gasteiger partial charge in [0.1, 0.15) is 28.0 Å². The minimum Gasteiger partial charge on any atom is -0.486 e. The normalized spacial score (nSPS) is 14.6. The molecule has 0 saturated carbocycles. The molecule has 4 aromatic heterocycles. The van der Waals surface area contributed by atoms with Crippen molar-refractivity contribution < 1.29 is 9.47 Å². The summed E-state index contributed by atoms with van der Waals surface area (Å²) in [6.07, 6.45) is 0.993. The van der Waals surface area contributed by atoms with Crippen molar-refractivity contribution in [1.29, 1.82) is 0 Å². The standard InChI is InChI=1S/C34H34N6O2S3/c1-3-24-11-13-26(14-12-24)42-21-30-37-38-34(40(30)23(2)25-8-5-4-6-9-25)45-33-31-27(28-10-7-19-43-28)22-44-32(31)35-29(36-33)20-39-15-17-41-18-16-39/h4-14,19,22-23H,3,15-18,20-21H2,1-2H3. The molecule has 6 aromatic rings. The number of nitrogens with zero attached hydrogens (tertiary/aromatic N) is 6. The zero-order valence-electron chi connectivity index (χ0n) is 25.3. The molecule has 0 spiro atoms. The van der Waals surface area contributed by atoms with Crippen LogP contribution in [0.3, 0.4) is 0 Å². The van der Waals surface area contributed by atoms with Crippen LogP contribution in [0.25, 0.3) is 20.7 Å². The Morgan fingerprint density at radius 3 is 2.53 bits per heavy atom. The summed E-state index contributed by atoms with van der Waals surface area (Å²) in [6.45, 7) is 8.55. The van der Waals surface area contributed by atoms with Crippen LogP contribution in [0.1, 0.15) is 42.7 Å². The summed E-state index contributed by atoms with van der Waals surface area (Å²) < 4.78 is 14.0. The summed E-state index contributed by atoms with van der Waals surface area (Å²) in [5.41, 5.74) is 3.61. The van der Waals surface area contributed by atoms with Crippen molar-refractivity contribution >= 4 is 44.7 Å². The Labute approximate surface area is 275 Å². The fourth-order valence-corrected chi connectivity index (χ4v) is 8.39. The lowest BCUT2D eigenvalue weighted by Gasteiger charge is -2.25. The van der Waals surface area contributed by atoms with Crippen molar-refractivity contribution in [2.45, 2.75) is 49.6 Å². The monoisotopic (exact) mass is 654 g/mol. The van der Waals surface area contributed by atoms with E-state index in [4.69, 9.17) is 24.5 Å². The minimum atomic E-state index is -0.0193. The van der Waals surface area contributed by atoms with Gasteiger partial charge in [0.2, 0.25) is 0 Å². The fourth-order valence-electron chi connectivity index (χ4n) is 5.47. The smallest absolute Gasteiger partial charge is 0.198 e. The maximum absolute atomic E-state index is 6.24. The first-order valence-electron chi connectivity index (χ1n) is 15.2. The Morgan fingerprint density at radius 2 is 1.78 bits per heavy atom. The van der Waals surface area contributed by atoms with Crippen molar-refractivity contribution in [3.8, 4) is 16.2 Å². The number of fused-ring (bicyclic) bond motifs is 1. The summed E-state index contributed by atoms with van der Waals surface area (Å²) in [5, 5.41) is 16.5. The van der Waals surface area contributed by atoms with E-state index in [1.54, 1.807) is 34.4 Å². The average molecular weight is 655 g/mol. The molecule has 2 aromatic carbocycles. The molecule has 230 valence electrons. The maximum atomic E-state index is 6.24. The number of ether oxygens (including phenoxy) is 2. The van der Waals surface area contributed by atoms with Crippen molar-refractivity contribution in [2.24, 2.45) is 0 Å². The zero-order chi connectivity index (χ0) is 30.6. The van der Waals surface area contributed by atoms with Crippen molar-refractivity contribution in [2.75, 3.05) is 26.3 Å². The zero-order valence-corrected chi connectivity index (χ0v) is 27.7. The van der Waals surface area contributed by atoms with Crippen LogP contribution in [-0.2, 0) is 24.3 Å². The lowest BCUT2D eigenvalue weighted by Crippen LogP contribution is -2.36. The number of hydrogen-bond acceptors (Lipinski definition) is 10. The van der Waals surface area contributed by atoms with Crippen molar-refractivity contribution in [3.63, 3.8) is 0 Å². The molecule has 45 heavy (non-hydrogen) atoms. The Bertz CT molecular complexity index is 1850. The van der Waals surface area contributed by atoms with Gasteiger partial charge in [-0.1, -0.05) is 55.5 Å². The quantitative estimate of drug-likeness (QED) is 0.131.